The number of carbonyl (C=O) groups is 2. The van der Waals surface area contributed by atoms with Crippen LogP contribution < -0.4 is 20.2 Å². The number of nitrogens with zero attached hydrogens (tertiary/aromatic N) is 1. The molecule has 4 aromatic carbocycles. The van der Waals surface area contributed by atoms with Gasteiger partial charge in [-0.1, -0.05) is 83.9 Å². The Morgan fingerprint density at radius 1 is 0.902 bits per heavy atom. The Morgan fingerprint density at radius 2 is 1.59 bits per heavy atom. The molecule has 210 valence electrons. The van der Waals surface area contributed by atoms with Gasteiger partial charge >= 0.3 is 0 Å². The van der Waals surface area contributed by atoms with Crippen LogP contribution in [0.3, 0.4) is 0 Å². The highest BCUT2D eigenvalue weighted by Crippen LogP contribution is 2.37. The van der Waals surface area contributed by atoms with E-state index in [0.717, 1.165) is 11.1 Å². The summed E-state index contributed by atoms with van der Waals surface area (Å²) >= 11 is 12.5. The number of halogens is 2. The van der Waals surface area contributed by atoms with Gasteiger partial charge in [-0.3, -0.25) is 9.59 Å². The quantitative estimate of drug-likeness (QED) is 0.138. The lowest BCUT2D eigenvalue weighted by atomic mass is 10.0. The second-order valence-electron chi connectivity index (χ2n) is 8.98. The monoisotopic (exact) mass is 589 g/mol. The van der Waals surface area contributed by atoms with E-state index in [4.69, 9.17) is 32.7 Å². The third-order valence-electron chi connectivity index (χ3n) is 5.96. The first-order chi connectivity index (χ1) is 19.9. The first kappa shape index (κ1) is 29.6. The number of nitrogens with one attached hydrogen (secondary N) is 2. The van der Waals surface area contributed by atoms with E-state index in [1.807, 2.05) is 55.5 Å². The molecule has 0 aromatic heterocycles. The lowest BCUT2D eigenvalue weighted by Gasteiger charge is -2.18. The van der Waals surface area contributed by atoms with E-state index < -0.39 is 6.04 Å². The van der Waals surface area contributed by atoms with Crippen LogP contribution in [0.15, 0.2) is 102 Å². The fourth-order valence-corrected chi connectivity index (χ4v) is 4.38. The van der Waals surface area contributed by atoms with Crippen molar-refractivity contribution in [3.05, 3.63) is 129 Å². The molecule has 0 aliphatic rings. The molecule has 2 N–H and O–H groups in total. The fraction of sp³-hybridized carbons (Fsp3) is 0.156. The summed E-state index contributed by atoms with van der Waals surface area (Å²) in [6.07, 6.45) is 1.46. The SMILES string of the molecule is CCOc1cc(/C=N\NC(=O)C[C@@H](NC(=O)c2ccccc2)c2ccccc2)cc(Cl)c1OCc1ccc(Cl)cc1. The van der Waals surface area contributed by atoms with Gasteiger partial charge in [-0.05, 0) is 60.0 Å². The molecule has 0 fully saturated rings. The summed E-state index contributed by atoms with van der Waals surface area (Å²) in [5, 5.41) is 8.02. The van der Waals surface area contributed by atoms with Crippen LogP contribution in [-0.2, 0) is 11.4 Å². The predicted octanol–water partition coefficient (Wildman–Crippen LogP) is 6.98. The van der Waals surface area contributed by atoms with E-state index in [0.29, 0.717) is 39.3 Å². The second-order valence-corrected chi connectivity index (χ2v) is 9.82. The first-order valence-corrected chi connectivity index (χ1v) is 13.7. The van der Waals surface area contributed by atoms with Gasteiger partial charge < -0.3 is 14.8 Å². The van der Waals surface area contributed by atoms with Crippen LogP contribution >= 0.6 is 23.2 Å². The maximum absolute atomic E-state index is 12.8. The Hall–Kier alpha value is -4.33. The Balaban J connectivity index is 1.41. The molecule has 1 atom stereocenters. The summed E-state index contributed by atoms with van der Waals surface area (Å²) in [6, 6.07) is 28.3. The van der Waals surface area contributed by atoms with Crippen LogP contribution in [0.4, 0.5) is 0 Å². The summed E-state index contributed by atoms with van der Waals surface area (Å²) in [5.41, 5.74) is 5.38. The van der Waals surface area contributed by atoms with Gasteiger partial charge in [0.05, 0.1) is 30.3 Å². The maximum Gasteiger partial charge on any atom is 0.251 e. The maximum atomic E-state index is 12.8. The number of hydrogen-bond donors (Lipinski definition) is 2. The van der Waals surface area contributed by atoms with Crippen molar-refractivity contribution in [3.8, 4) is 11.5 Å². The lowest BCUT2D eigenvalue weighted by Crippen LogP contribution is -2.32. The summed E-state index contributed by atoms with van der Waals surface area (Å²) in [6.45, 7) is 2.54. The molecule has 9 heteroatoms. The van der Waals surface area contributed by atoms with Gasteiger partial charge in [-0.2, -0.15) is 5.10 Å². The van der Waals surface area contributed by atoms with Gasteiger partial charge in [0.2, 0.25) is 5.91 Å². The summed E-state index contributed by atoms with van der Waals surface area (Å²) in [4.78, 5) is 25.6. The summed E-state index contributed by atoms with van der Waals surface area (Å²) in [7, 11) is 0. The Labute approximate surface area is 249 Å². The zero-order valence-electron chi connectivity index (χ0n) is 22.3. The molecule has 0 spiro atoms. The van der Waals surface area contributed by atoms with E-state index in [1.165, 1.54) is 6.21 Å². The molecule has 0 bridgehead atoms. The summed E-state index contributed by atoms with van der Waals surface area (Å²) in [5.74, 6) is 0.216. The van der Waals surface area contributed by atoms with Crippen LogP contribution in [0, 0.1) is 0 Å². The number of hydrogen-bond acceptors (Lipinski definition) is 5. The highest BCUT2D eigenvalue weighted by molar-refractivity contribution is 6.32. The van der Waals surface area contributed by atoms with Gasteiger partial charge in [0.25, 0.3) is 5.91 Å². The Kier molecular flexibility index (Phi) is 10.8. The van der Waals surface area contributed by atoms with E-state index >= 15 is 0 Å². The predicted molar refractivity (Wildman–Crippen MR) is 162 cm³/mol. The molecule has 0 aliphatic carbocycles. The van der Waals surface area contributed by atoms with Crippen molar-refractivity contribution in [2.45, 2.75) is 26.0 Å². The zero-order chi connectivity index (χ0) is 29.0. The van der Waals surface area contributed by atoms with Crippen LogP contribution in [0.5, 0.6) is 11.5 Å². The second kappa shape index (κ2) is 14.9. The fourth-order valence-electron chi connectivity index (χ4n) is 3.98. The largest absolute Gasteiger partial charge is 0.490 e. The highest BCUT2D eigenvalue weighted by Gasteiger charge is 2.19. The molecule has 0 unspecified atom stereocenters. The van der Waals surface area contributed by atoms with Gasteiger partial charge in [-0.25, -0.2) is 5.43 Å². The Bertz CT molecular complexity index is 1480. The zero-order valence-corrected chi connectivity index (χ0v) is 23.9. The van der Waals surface area contributed by atoms with Gasteiger partial charge in [0.1, 0.15) is 6.61 Å². The number of ether oxygens (including phenoxy) is 2. The Morgan fingerprint density at radius 3 is 2.27 bits per heavy atom. The number of hydrazone groups is 1. The molecule has 0 heterocycles. The normalized spacial score (nSPS) is 11.6. The first-order valence-electron chi connectivity index (χ1n) is 13.0. The van der Waals surface area contributed by atoms with Gasteiger partial charge in [-0.15, -0.1) is 0 Å². The third-order valence-corrected chi connectivity index (χ3v) is 6.50. The number of benzene rings is 4. The smallest absolute Gasteiger partial charge is 0.251 e. The molecule has 2 amide bonds. The minimum absolute atomic E-state index is 0.0116. The number of carbonyl (C=O) groups excluding carboxylic acids is 2. The summed E-state index contributed by atoms with van der Waals surface area (Å²) < 4.78 is 11.7. The van der Waals surface area contributed by atoms with Crippen molar-refractivity contribution in [2.75, 3.05) is 6.61 Å². The van der Waals surface area contributed by atoms with Crippen molar-refractivity contribution in [2.24, 2.45) is 5.10 Å². The van der Waals surface area contributed by atoms with Gasteiger partial charge in [0, 0.05) is 10.6 Å². The van der Waals surface area contributed by atoms with Crippen LogP contribution in [0.25, 0.3) is 0 Å². The molecule has 4 rings (SSSR count). The topological polar surface area (TPSA) is 89.0 Å². The van der Waals surface area contributed by atoms with Crippen molar-refractivity contribution in [1.82, 2.24) is 10.7 Å². The molecule has 0 aliphatic heterocycles. The minimum Gasteiger partial charge on any atom is -0.490 e. The van der Waals surface area contributed by atoms with Crippen molar-refractivity contribution in [3.63, 3.8) is 0 Å². The van der Waals surface area contributed by atoms with Crippen molar-refractivity contribution >= 4 is 41.2 Å². The number of amides is 2. The molecular weight excluding hydrogens is 561 g/mol. The van der Waals surface area contributed by atoms with Crippen LogP contribution in [0.1, 0.15) is 46.4 Å². The van der Waals surface area contributed by atoms with Crippen LogP contribution in [0.2, 0.25) is 10.0 Å². The molecular formula is C32H29Cl2N3O4. The lowest BCUT2D eigenvalue weighted by molar-refractivity contribution is -0.121. The molecule has 0 saturated heterocycles. The van der Waals surface area contributed by atoms with Gasteiger partial charge in [0.15, 0.2) is 11.5 Å². The van der Waals surface area contributed by atoms with Crippen molar-refractivity contribution in [1.29, 1.82) is 0 Å². The van der Waals surface area contributed by atoms with E-state index in [-0.39, 0.29) is 24.8 Å². The molecule has 0 saturated carbocycles. The highest BCUT2D eigenvalue weighted by atomic mass is 35.5. The van der Waals surface area contributed by atoms with E-state index in [9.17, 15) is 9.59 Å². The minimum atomic E-state index is -0.546. The third kappa shape index (κ3) is 8.83. The van der Waals surface area contributed by atoms with E-state index in [1.54, 1.807) is 48.5 Å². The molecule has 41 heavy (non-hydrogen) atoms. The van der Waals surface area contributed by atoms with Crippen molar-refractivity contribution < 1.29 is 19.1 Å². The molecule has 4 aromatic rings. The van der Waals surface area contributed by atoms with E-state index in [2.05, 4.69) is 15.8 Å². The average molecular weight is 591 g/mol. The average Bonchev–Trinajstić information content (AvgIpc) is 2.98. The standard InChI is InChI=1S/C32H29Cl2N3O4/c1-2-40-29-18-23(17-27(34)31(29)41-21-22-13-15-26(33)16-14-22)20-35-37-30(38)19-28(24-9-5-3-6-10-24)36-32(39)25-11-7-4-8-12-25/h3-18,20,28H,2,19,21H2,1H3,(H,36,39)(H,37,38)/b35-20-/t28-/m1/s1. The molecule has 7 nitrogen and oxygen atoms in total. The van der Waals surface area contributed by atoms with Crippen LogP contribution in [-0.4, -0.2) is 24.6 Å². The molecule has 0 radical (unpaired) electrons. The number of rotatable bonds is 12.